The third-order valence-electron chi connectivity index (χ3n) is 4.65. The third kappa shape index (κ3) is 4.26. The molecule has 0 unspecified atom stereocenters. The normalized spacial score (nSPS) is 10.8. The predicted molar refractivity (Wildman–Crippen MR) is 107 cm³/mol. The van der Waals surface area contributed by atoms with Crippen LogP contribution >= 0.6 is 0 Å². The zero-order chi connectivity index (χ0) is 18.5. The molecule has 134 valence electrons. The molecule has 0 fully saturated rings. The molecule has 27 heavy (non-hydrogen) atoms. The Hall–Kier alpha value is -3.33. The number of fused-ring (bicyclic) bond motifs is 1. The number of carbonyl (C=O) groups is 1. The van der Waals surface area contributed by atoms with Gasteiger partial charge in [-0.1, -0.05) is 72.8 Å². The van der Waals surface area contributed by atoms with Crippen molar-refractivity contribution in [2.75, 3.05) is 0 Å². The number of benzene rings is 3. The van der Waals surface area contributed by atoms with Crippen LogP contribution in [-0.4, -0.2) is 10.5 Å². The van der Waals surface area contributed by atoms with Gasteiger partial charge in [-0.05, 0) is 34.2 Å². The van der Waals surface area contributed by atoms with Gasteiger partial charge in [0.2, 0.25) is 0 Å². The van der Waals surface area contributed by atoms with Crippen molar-refractivity contribution in [1.82, 2.24) is 4.57 Å². The van der Waals surface area contributed by atoms with Gasteiger partial charge in [-0.15, -0.1) is 0 Å². The van der Waals surface area contributed by atoms with E-state index in [1.54, 1.807) is 0 Å². The van der Waals surface area contributed by atoms with Gasteiger partial charge in [-0.2, -0.15) is 0 Å². The van der Waals surface area contributed by atoms with Gasteiger partial charge in [0.1, 0.15) is 6.61 Å². The Labute approximate surface area is 158 Å². The highest BCUT2D eigenvalue weighted by Crippen LogP contribution is 2.17. The number of esters is 1. The summed E-state index contributed by atoms with van der Waals surface area (Å²) >= 11 is 0. The van der Waals surface area contributed by atoms with E-state index in [0.717, 1.165) is 17.7 Å². The average molecular weight is 355 g/mol. The minimum absolute atomic E-state index is 0.206. The fraction of sp³-hybridized carbons (Fsp3) is 0.125. The molecule has 3 nitrogen and oxygen atoms in total. The standard InChI is InChI=1S/C24H21NO2/c26-24(27-18-21-6-2-1-3-7-21)16-19-10-12-20(13-11-19)17-25-15-14-22-8-4-5-9-23(22)25/h1-15H,16-18H2. The summed E-state index contributed by atoms with van der Waals surface area (Å²) in [6.07, 6.45) is 2.40. The molecule has 0 saturated carbocycles. The second-order valence-electron chi connectivity index (χ2n) is 6.64. The van der Waals surface area contributed by atoms with E-state index < -0.39 is 0 Å². The van der Waals surface area contributed by atoms with Crippen LogP contribution in [0.1, 0.15) is 16.7 Å². The van der Waals surface area contributed by atoms with Gasteiger partial charge >= 0.3 is 5.97 Å². The molecule has 0 aliphatic carbocycles. The minimum atomic E-state index is -0.206. The van der Waals surface area contributed by atoms with Crippen LogP contribution < -0.4 is 0 Å². The number of rotatable bonds is 6. The van der Waals surface area contributed by atoms with Crippen molar-refractivity contribution in [2.45, 2.75) is 19.6 Å². The van der Waals surface area contributed by atoms with E-state index in [4.69, 9.17) is 4.74 Å². The summed E-state index contributed by atoms with van der Waals surface area (Å²) < 4.78 is 7.59. The lowest BCUT2D eigenvalue weighted by Crippen LogP contribution is -2.08. The molecule has 0 N–H and O–H groups in total. The van der Waals surface area contributed by atoms with Crippen molar-refractivity contribution in [3.05, 3.63) is 108 Å². The molecule has 1 aromatic heterocycles. The molecule has 4 aromatic rings. The second kappa shape index (κ2) is 7.92. The summed E-state index contributed by atoms with van der Waals surface area (Å²) in [5.74, 6) is -0.206. The highest BCUT2D eigenvalue weighted by molar-refractivity contribution is 5.80. The first-order valence-corrected chi connectivity index (χ1v) is 9.09. The van der Waals surface area contributed by atoms with Gasteiger partial charge in [0.05, 0.1) is 6.42 Å². The number of ether oxygens (including phenoxy) is 1. The lowest BCUT2D eigenvalue weighted by atomic mass is 10.1. The van der Waals surface area contributed by atoms with Crippen molar-refractivity contribution in [3.8, 4) is 0 Å². The number of para-hydroxylation sites is 1. The first-order valence-electron chi connectivity index (χ1n) is 9.09. The molecule has 0 spiro atoms. The van der Waals surface area contributed by atoms with E-state index in [2.05, 4.69) is 53.2 Å². The maximum Gasteiger partial charge on any atom is 0.310 e. The summed E-state index contributed by atoms with van der Waals surface area (Å²) in [6, 6.07) is 28.4. The molecule has 4 rings (SSSR count). The number of nitrogens with zero attached hydrogens (tertiary/aromatic N) is 1. The van der Waals surface area contributed by atoms with E-state index in [1.165, 1.54) is 16.5 Å². The Bertz CT molecular complexity index is 1030. The second-order valence-corrected chi connectivity index (χ2v) is 6.64. The fourth-order valence-electron chi connectivity index (χ4n) is 3.19. The van der Waals surface area contributed by atoms with Gasteiger partial charge < -0.3 is 9.30 Å². The molecule has 0 amide bonds. The van der Waals surface area contributed by atoms with E-state index in [-0.39, 0.29) is 5.97 Å². The molecule has 0 bridgehead atoms. The largest absolute Gasteiger partial charge is 0.461 e. The number of hydrogen-bond donors (Lipinski definition) is 0. The van der Waals surface area contributed by atoms with Crippen molar-refractivity contribution >= 4 is 16.9 Å². The lowest BCUT2D eigenvalue weighted by Gasteiger charge is -2.08. The van der Waals surface area contributed by atoms with Crippen LogP contribution in [0, 0.1) is 0 Å². The number of carbonyl (C=O) groups excluding carboxylic acids is 1. The SMILES string of the molecule is O=C(Cc1ccc(Cn2ccc3ccccc32)cc1)OCc1ccccc1. The van der Waals surface area contributed by atoms with E-state index in [1.807, 2.05) is 42.5 Å². The molecule has 3 aromatic carbocycles. The van der Waals surface area contributed by atoms with E-state index in [0.29, 0.717) is 13.0 Å². The van der Waals surface area contributed by atoms with Crippen LogP contribution in [0.15, 0.2) is 91.1 Å². The maximum absolute atomic E-state index is 12.0. The number of hydrogen-bond acceptors (Lipinski definition) is 2. The van der Waals surface area contributed by atoms with Crippen molar-refractivity contribution in [2.24, 2.45) is 0 Å². The summed E-state index contributed by atoms with van der Waals surface area (Å²) in [5, 5.41) is 1.25. The molecular formula is C24H21NO2. The minimum Gasteiger partial charge on any atom is -0.461 e. The number of aromatic nitrogens is 1. The molecule has 0 radical (unpaired) electrons. The Kier molecular flexibility index (Phi) is 5.01. The first-order chi connectivity index (χ1) is 13.3. The van der Waals surface area contributed by atoms with Gasteiger partial charge in [0.15, 0.2) is 0 Å². The van der Waals surface area contributed by atoms with Crippen molar-refractivity contribution in [3.63, 3.8) is 0 Å². The summed E-state index contributed by atoms with van der Waals surface area (Å²) in [5.41, 5.74) is 4.40. The molecule has 1 heterocycles. The Morgan fingerprint density at radius 1 is 0.741 bits per heavy atom. The predicted octanol–water partition coefficient (Wildman–Crippen LogP) is 4.98. The topological polar surface area (TPSA) is 31.2 Å². The molecular weight excluding hydrogens is 334 g/mol. The highest BCUT2D eigenvalue weighted by Gasteiger charge is 2.06. The zero-order valence-corrected chi connectivity index (χ0v) is 15.0. The summed E-state index contributed by atoms with van der Waals surface area (Å²) in [7, 11) is 0. The van der Waals surface area contributed by atoms with E-state index >= 15 is 0 Å². The molecule has 0 aliphatic rings. The Morgan fingerprint density at radius 2 is 1.44 bits per heavy atom. The molecule has 3 heteroatoms. The Balaban J connectivity index is 1.35. The van der Waals surface area contributed by atoms with Crippen molar-refractivity contribution in [1.29, 1.82) is 0 Å². The van der Waals surface area contributed by atoms with Crippen LogP contribution in [0.3, 0.4) is 0 Å². The van der Waals surface area contributed by atoms with E-state index in [9.17, 15) is 4.79 Å². The maximum atomic E-state index is 12.0. The smallest absolute Gasteiger partial charge is 0.310 e. The van der Waals surface area contributed by atoms with Crippen LogP contribution in [-0.2, 0) is 29.1 Å². The van der Waals surface area contributed by atoms with Gasteiger partial charge in [0, 0.05) is 18.3 Å². The fourth-order valence-corrected chi connectivity index (χ4v) is 3.19. The quantitative estimate of drug-likeness (QED) is 0.457. The van der Waals surface area contributed by atoms with Crippen LogP contribution in [0.4, 0.5) is 0 Å². The average Bonchev–Trinajstić information content (AvgIpc) is 3.12. The summed E-state index contributed by atoms with van der Waals surface area (Å²) in [4.78, 5) is 12.0. The van der Waals surface area contributed by atoms with Crippen LogP contribution in [0.5, 0.6) is 0 Å². The van der Waals surface area contributed by atoms with Crippen LogP contribution in [0.25, 0.3) is 10.9 Å². The lowest BCUT2D eigenvalue weighted by molar-refractivity contribution is -0.144. The summed E-state index contributed by atoms with van der Waals surface area (Å²) in [6.45, 7) is 1.13. The molecule has 0 atom stereocenters. The Morgan fingerprint density at radius 3 is 2.26 bits per heavy atom. The molecule has 0 aliphatic heterocycles. The third-order valence-corrected chi connectivity index (χ3v) is 4.65. The van der Waals surface area contributed by atoms with Crippen molar-refractivity contribution < 1.29 is 9.53 Å². The molecule has 0 saturated heterocycles. The zero-order valence-electron chi connectivity index (χ0n) is 15.0. The first kappa shape index (κ1) is 17.1. The van der Waals surface area contributed by atoms with Crippen LogP contribution in [0.2, 0.25) is 0 Å². The monoisotopic (exact) mass is 355 g/mol. The highest BCUT2D eigenvalue weighted by atomic mass is 16.5. The van der Waals surface area contributed by atoms with Gasteiger partial charge in [-0.25, -0.2) is 0 Å². The van der Waals surface area contributed by atoms with Gasteiger partial charge in [-0.3, -0.25) is 4.79 Å². The van der Waals surface area contributed by atoms with Gasteiger partial charge in [0.25, 0.3) is 0 Å².